The molecule has 4 nitrogen and oxygen atoms in total. The average Bonchev–Trinajstić information content (AvgIpc) is 2.72. The summed E-state index contributed by atoms with van der Waals surface area (Å²) in [5.41, 5.74) is 1.90. The quantitative estimate of drug-likeness (QED) is 0.816. The van der Waals surface area contributed by atoms with E-state index in [1.165, 1.54) is 0 Å². The van der Waals surface area contributed by atoms with Crippen molar-refractivity contribution in [2.75, 3.05) is 5.32 Å². The topological polar surface area (TPSA) is 50.1 Å². The fourth-order valence-electron chi connectivity index (χ4n) is 1.53. The molecule has 0 aliphatic carbocycles. The monoisotopic (exact) mass is 217 g/mol. The van der Waals surface area contributed by atoms with Crippen molar-refractivity contribution in [3.05, 3.63) is 48.0 Å². The zero-order valence-corrected chi connectivity index (χ0v) is 9.22. The van der Waals surface area contributed by atoms with Gasteiger partial charge in [-0.1, -0.05) is 12.1 Å². The van der Waals surface area contributed by atoms with Crippen LogP contribution in [0.4, 0.5) is 5.69 Å². The van der Waals surface area contributed by atoms with Crippen molar-refractivity contribution in [3.63, 3.8) is 0 Å². The Morgan fingerprint density at radius 3 is 3.00 bits per heavy atom. The summed E-state index contributed by atoms with van der Waals surface area (Å²) < 4.78 is 1.98. The summed E-state index contributed by atoms with van der Waals surface area (Å²) in [5.74, 6) is 0.981. The molecular formula is C12H15N3O. The van der Waals surface area contributed by atoms with E-state index in [1.807, 2.05) is 42.1 Å². The van der Waals surface area contributed by atoms with Crippen LogP contribution in [0.5, 0.6) is 0 Å². The van der Waals surface area contributed by atoms with Crippen LogP contribution in [-0.2, 0) is 20.2 Å². The first-order valence-electron chi connectivity index (χ1n) is 5.19. The molecule has 0 amide bonds. The van der Waals surface area contributed by atoms with Gasteiger partial charge < -0.3 is 15.0 Å². The molecule has 1 heterocycles. The Balaban J connectivity index is 2.02. The molecule has 0 aliphatic rings. The van der Waals surface area contributed by atoms with Crippen molar-refractivity contribution in [2.45, 2.75) is 13.2 Å². The molecule has 2 aromatic rings. The summed E-state index contributed by atoms with van der Waals surface area (Å²) in [6.07, 6.45) is 3.70. The molecule has 0 aliphatic heterocycles. The van der Waals surface area contributed by atoms with Crippen molar-refractivity contribution >= 4 is 5.69 Å². The molecule has 0 bridgehead atoms. The van der Waals surface area contributed by atoms with Gasteiger partial charge >= 0.3 is 0 Å². The van der Waals surface area contributed by atoms with Gasteiger partial charge in [0.05, 0.1) is 13.2 Å². The lowest BCUT2D eigenvalue weighted by Crippen LogP contribution is -2.05. The predicted octanol–water partition coefficient (Wildman–Crippen LogP) is 1.52. The smallest absolute Gasteiger partial charge is 0.127 e. The Morgan fingerprint density at radius 1 is 1.44 bits per heavy atom. The van der Waals surface area contributed by atoms with Gasteiger partial charge in [-0.3, -0.25) is 0 Å². The van der Waals surface area contributed by atoms with Crippen LogP contribution in [0.1, 0.15) is 11.4 Å². The maximum Gasteiger partial charge on any atom is 0.127 e. The maximum atomic E-state index is 9.01. The molecule has 0 unspecified atom stereocenters. The third-order valence-electron chi connectivity index (χ3n) is 2.48. The van der Waals surface area contributed by atoms with Crippen LogP contribution < -0.4 is 5.32 Å². The Labute approximate surface area is 94.6 Å². The number of aryl methyl sites for hydroxylation is 1. The molecule has 0 atom stereocenters. The molecule has 84 valence electrons. The number of rotatable bonds is 4. The number of anilines is 1. The first-order valence-corrected chi connectivity index (χ1v) is 5.19. The number of imidazole rings is 1. The largest absolute Gasteiger partial charge is 0.392 e. The molecule has 1 aromatic carbocycles. The van der Waals surface area contributed by atoms with E-state index in [2.05, 4.69) is 10.3 Å². The number of aliphatic hydroxyl groups excluding tert-OH is 1. The molecule has 2 N–H and O–H groups in total. The average molecular weight is 217 g/mol. The zero-order valence-electron chi connectivity index (χ0n) is 9.22. The lowest BCUT2D eigenvalue weighted by atomic mass is 10.2. The fraction of sp³-hybridized carbons (Fsp3) is 0.250. The summed E-state index contributed by atoms with van der Waals surface area (Å²) in [7, 11) is 1.97. The van der Waals surface area contributed by atoms with Gasteiger partial charge in [0.25, 0.3) is 0 Å². The van der Waals surface area contributed by atoms with Gasteiger partial charge in [0.2, 0.25) is 0 Å². The van der Waals surface area contributed by atoms with Gasteiger partial charge in [0, 0.05) is 25.1 Å². The highest BCUT2D eigenvalue weighted by atomic mass is 16.3. The maximum absolute atomic E-state index is 9.01. The van der Waals surface area contributed by atoms with Crippen LogP contribution in [0.2, 0.25) is 0 Å². The van der Waals surface area contributed by atoms with Crippen molar-refractivity contribution in [1.29, 1.82) is 0 Å². The highest BCUT2D eigenvalue weighted by molar-refractivity contribution is 5.45. The molecule has 0 saturated carbocycles. The molecule has 0 spiro atoms. The lowest BCUT2D eigenvalue weighted by Gasteiger charge is -2.07. The third-order valence-corrected chi connectivity index (χ3v) is 2.48. The van der Waals surface area contributed by atoms with Gasteiger partial charge in [-0.05, 0) is 17.7 Å². The summed E-state index contributed by atoms with van der Waals surface area (Å²) in [6.45, 7) is 0.746. The normalized spacial score (nSPS) is 10.4. The summed E-state index contributed by atoms with van der Waals surface area (Å²) in [4.78, 5) is 4.22. The second-order valence-electron chi connectivity index (χ2n) is 3.67. The van der Waals surface area contributed by atoms with Crippen LogP contribution in [-0.4, -0.2) is 14.7 Å². The van der Waals surface area contributed by atoms with Crippen molar-refractivity contribution in [1.82, 2.24) is 9.55 Å². The Morgan fingerprint density at radius 2 is 2.31 bits per heavy atom. The van der Waals surface area contributed by atoms with E-state index < -0.39 is 0 Å². The third kappa shape index (κ3) is 2.41. The zero-order chi connectivity index (χ0) is 11.4. The Kier molecular flexibility index (Phi) is 3.22. The SMILES string of the molecule is Cn1ccnc1CNc1cccc(CO)c1. The van der Waals surface area contributed by atoms with Gasteiger partial charge in [-0.15, -0.1) is 0 Å². The van der Waals surface area contributed by atoms with Crippen LogP contribution in [0.25, 0.3) is 0 Å². The second kappa shape index (κ2) is 4.81. The first-order chi connectivity index (χ1) is 7.79. The number of benzene rings is 1. The van der Waals surface area contributed by atoms with Crippen LogP contribution >= 0.6 is 0 Å². The first kappa shape index (κ1) is 10.7. The van der Waals surface area contributed by atoms with Crippen LogP contribution in [0.3, 0.4) is 0 Å². The highest BCUT2D eigenvalue weighted by Crippen LogP contribution is 2.11. The lowest BCUT2D eigenvalue weighted by molar-refractivity contribution is 0.282. The number of nitrogens with zero attached hydrogens (tertiary/aromatic N) is 2. The van der Waals surface area contributed by atoms with Gasteiger partial charge in [-0.25, -0.2) is 4.98 Å². The fourth-order valence-corrected chi connectivity index (χ4v) is 1.53. The van der Waals surface area contributed by atoms with Gasteiger partial charge in [0.15, 0.2) is 0 Å². The van der Waals surface area contributed by atoms with E-state index in [4.69, 9.17) is 5.11 Å². The van der Waals surface area contributed by atoms with Crippen molar-refractivity contribution in [2.24, 2.45) is 7.05 Å². The van der Waals surface area contributed by atoms with Gasteiger partial charge in [0.1, 0.15) is 5.82 Å². The Bertz CT molecular complexity index is 465. The van der Waals surface area contributed by atoms with E-state index in [1.54, 1.807) is 6.20 Å². The van der Waals surface area contributed by atoms with Gasteiger partial charge in [-0.2, -0.15) is 0 Å². The molecule has 2 rings (SSSR count). The van der Waals surface area contributed by atoms with Crippen LogP contribution in [0.15, 0.2) is 36.7 Å². The molecule has 0 fully saturated rings. The van der Waals surface area contributed by atoms with Crippen molar-refractivity contribution < 1.29 is 5.11 Å². The number of aromatic nitrogens is 2. The molecule has 4 heteroatoms. The minimum absolute atomic E-state index is 0.0674. The molecule has 1 aromatic heterocycles. The second-order valence-corrected chi connectivity index (χ2v) is 3.67. The minimum Gasteiger partial charge on any atom is -0.392 e. The van der Waals surface area contributed by atoms with E-state index in [0.29, 0.717) is 6.54 Å². The van der Waals surface area contributed by atoms with E-state index in [-0.39, 0.29) is 6.61 Å². The highest BCUT2D eigenvalue weighted by Gasteiger charge is 1.99. The Hall–Kier alpha value is -1.81. The standard InChI is InChI=1S/C12H15N3O/c1-15-6-5-13-12(15)8-14-11-4-2-3-10(7-11)9-16/h2-7,14,16H,8-9H2,1H3. The van der Waals surface area contributed by atoms with Crippen LogP contribution in [0, 0.1) is 0 Å². The number of hydrogen-bond donors (Lipinski definition) is 2. The summed E-state index contributed by atoms with van der Waals surface area (Å²) in [5, 5.41) is 12.3. The number of hydrogen-bond acceptors (Lipinski definition) is 3. The predicted molar refractivity (Wildman–Crippen MR) is 62.9 cm³/mol. The molecule has 0 radical (unpaired) electrons. The number of nitrogens with one attached hydrogen (secondary N) is 1. The van der Waals surface area contributed by atoms with E-state index >= 15 is 0 Å². The van der Waals surface area contributed by atoms with Crippen molar-refractivity contribution in [3.8, 4) is 0 Å². The van der Waals surface area contributed by atoms with E-state index in [0.717, 1.165) is 17.1 Å². The van der Waals surface area contributed by atoms with E-state index in [9.17, 15) is 0 Å². The molecule has 0 saturated heterocycles. The molecule has 16 heavy (non-hydrogen) atoms. The minimum atomic E-state index is 0.0674. The number of aliphatic hydroxyl groups is 1. The summed E-state index contributed by atoms with van der Waals surface area (Å²) in [6, 6.07) is 7.73. The summed E-state index contributed by atoms with van der Waals surface area (Å²) >= 11 is 0. The molecular weight excluding hydrogens is 202 g/mol.